The molecule has 25 heavy (non-hydrogen) atoms. The summed E-state index contributed by atoms with van der Waals surface area (Å²) in [7, 11) is 0.0675. The van der Waals surface area contributed by atoms with Gasteiger partial charge in [-0.05, 0) is 25.5 Å². The van der Waals surface area contributed by atoms with Crippen molar-refractivity contribution < 1.29 is 30.5 Å². The molecule has 0 aliphatic heterocycles. The summed E-state index contributed by atoms with van der Waals surface area (Å²) in [4.78, 5) is 0. The molecule has 1 rings (SSSR count). The van der Waals surface area contributed by atoms with Gasteiger partial charge >= 0.3 is 28.4 Å². The van der Waals surface area contributed by atoms with Crippen molar-refractivity contribution in [1.82, 2.24) is 0 Å². The van der Waals surface area contributed by atoms with E-state index in [1.807, 2.05) is 0 Å². The predicted molar refractivity (Wildman–Crippen MR) is 104 cm³/mol. The van der Waals surface area contributed by atoms with Crippen LogP contribution in [0.1, 0.15) is 59.3 Å². The fourth-order valence-corrected chi connectivity index (χ4v) is 5.15. The van der Waals surface area contributed by atoms with Crippen molar-refractivity contribution in [3.63, 3.8) is 0 Å². The first-order chi connectivity index (χ1) is 11.6. The molecular weight excluding hydrogens is 395 g/mol. The van der Waals surface area contributed by atoms with Gasteiger partial charge in [-0.1, -0.05) is 51.1 Å². The van der Waals surface area contributed by atoms with Crippen LogP contribution >= 0.6 is 7.92 Å². The SMILES string of the molecule is CCCC[PH+](CCCC)CCCC.CS(=O)[O-].[C-]#[O+].[Fe+6].[c-]1[c-][c-][cH-][c-]1. The van der Waals surface area contributed by atoms with Gasteiger partial charge in [0, 0.05) is 7.92 Å². The second-order valence-corrected chi connectivity index (χ2v) is 8.95. The van der Waals surface area contributed by atoms with Crippen LogP contribution in [-0.4, -0.2) is 33.5 Å². The van der Waals surface area contributed by atoms with Crippen molar-refractivity contribution in [2.75, 3.05) is 24.7 Å². The molecule has 0 fully saturated rings. The summed E-state index contributed by atoms with van der Waals surface area (Å²) in [5.74, 6) is 0. The van der Waals surface area contributed by atoms with Crippen LogP contribution in [0, 0.1) is 30.9 Å². The molecule has 0 bridgehead atoms. The van der Waals surface area contributed by atoms with Gasteiger partial charge in [0.15, 0.2) is 0 Å². The monoisotopic (exact) mass is 427 g/mol. The molecule has 1 aromatic rings. The summed E-state index contributed by atoms with van der Waals surface area (Å²) >= 11 is -1.86. The van der Waals surface area contributed by atoms with Gasteiger partial charge in [0.1, 0.15) is 0 Å². The Morgan fingerprint density at radius 3 is 1.40 bits per heavy atom. The molecule has 0 heterocycles. The Kier molecular flexibility index (Phi) is 41.8. The topological polar surface area (TPSA) is 60.0 Å². The molecule has 0 aliphatic rings. The van der Waals surface area contributed by atoms with Gasteiger partial charge in [-0.3, -0.25) is 4.21 Å². The fourth-order valence-electron chi connectivity index (χ4n) is 1.84. The number of unbranched alkanes of at least 4 members (excludes halogenated alkanes) is 3. The van der Waals surface area contributed by atoms with Gasteiger partial charge in [-0.15, -0.1) is 0 Å². The molecule has 0 radical (unpaired) electrons. The Morgan fingerprint density at radius 2 is 1.24 bits per heavy atom. The molecule has 0 amide bonds. The van der Waals surface area contributed by atoms with E-state index in [9.17, 15) is 0 Å². The molecule has 144 valence electrons. The molecular formula is C19H32FeO3PS+. The molecule has 1 unspecified atom stereocenters. The van der Waals surface area contributed by atoms with Gasteiger partial charge in [0.25, 0.3) is 0 Å². The van der Waals surface area contributed by atoms with E-state index in [2.05, 4.69) is 51.7 Å². The second-order valence-electron chi connectivity index (χ2n) is 5.15. The van der Waals surface area contributed by atoms with Crippen LogP contribution in [0.3, 0.4) is 0 Å². The Hall–Kier alpha value is 0.149. The molecule has 1 aromatic carbocycles. The average molecular weight is 427 g/mol. The molecule has 0 saturated carbocycles. The summed E-state index contributed by atoms with van der Waals surface area (Å²) < 4.78 is 25.5. The zero-order valence-corrected chi connectivity index (χ0v) is 18.8. The smallest absolute Gasteiger partial charge is 0.999 e. The molecule has 0 saturated heterocycles. The van der Waals surface area contributed by atoms with Crippen LogP contribution in [0.2, 0.25) is 0 Å². The van der Waals surface area contributed by atoms with Gasteiger partial charge < -0.3 is 34.9 Å². The van der Waals surface area contributed by atoms with Gasteiger partial charge in [-0.2, -0.15) is 0 Å². The molecule has 3 nitrogen and oxygen atoms in total. The third-order valence-electron chi connectivity index (χ3n) is 3.00. The number of rotatable bonds is 9. The third-order valence-corrected chi connectivity index (χ3v) is 6.18. The summed E-state index contributed by atoms with van der Waals surface area (Å²) in [6.07, 6.45) is 14.5. The molecule has 0 aliphatic carbocycles. The van der Waals surface area contributed by atoms with E-state index < -0.39 is 11.1 Å². The van der Waals surface area contributed by atoms with Crippen LogP contribution in [0.15, 0.2) is 6.07 Å². The van der Waals surface area contributed by atoms with Gasteiger partial charge in [0.2, 0.25) is 0 Å². The second kappa shape index (κ2) is 31.9. The molecule has 0 aromatic heterocycles. The van der Waals surface area contributed by atoms with Crippen molar-refractivity contribution in [2.45, 2.75) is 59.3 Å². The molecule has 6 heteroatoms. The van der Waals surface area contributed by atoms with Crippen LogP contribution < -0.4 is 0 Å². The van der Waals surface area contributed by atoms with Crippen LogP contribution in [0.25, 0.3) is 0 Å². The Bertz CT molecular complexity index is 305. The van der Waals surface area contributed by atoms with Crippen molar-refractivity contribution in [3.8, 4) is 0 Å². The van der Waals surface area contributed by atoms with E-state index in [0.29, 0.717) is 0 Å². The van der Waals surface area contributed by atoms with Crippen LogP contribution in [-0.2, 0) is 32.8 Å². The zero-order valence-electron chi connectivity index (χ0n) is 15.9. The first kappa shape index (κ1) is 32.8. The van der Waals surface area contributed by atoms with Gasteiger partial charge in [0.05, 0.1) is 18.5 Å². The molecule has 0 spiro atoms. The Morgan fingerprint density at radius 1 is 0.960 bits per heavy atom. The minimum atomic E-state index is -1.86. The van der Waals surface area contributed by atoms with E-state index in [0.717, 1.165) is 6.26 Å². The minimum Gasteiger partial charge on any atom is -0.999 e. The molecule has 1 atom stereocenters. The first-order valence-corrected chi connectivity index (χ1v) is 12.1. The minimum absolute atomic E-state index is 0. The van der Waals surface area contributed by atoms with Crippen LogP contribution in [0.4, 0.5) is 0 Å². The summed E-state index contributed by atoms with van der Waals surface area (Å²) in [5, 5.41) is 0. The van der Waals surface area contributed by atoms with Crippen molar-refractivity contribution in [3.05, 3.63) is 37.0 Å². The van der Waals surface area contributed by atoms with Gasteiger partial charge in [-0.25, -0.2) is 0 Å². The van der Waals surface area contributed by atoms with E-state index in [1.54, 1.807) is 24.6 Å². The van der Waals surface area contributed by atoms with Crippen molar-refractivity contribution >= 4 is 19.0 Å². The maximum absolute atomic E-state index is 9.00. The van der Waals surface area contributed by atoms with Crippen molar-refractivity contribution in [2.24, 2.45) is 0 Å². The zero-order chi connectivity index (χ0) is 19.1. The van der Waals surface area contributed by atoms with Crippen LogP contribution in [0.5, 0.6) is 0 Å². The number of hydrogen-bond acceptors (Lipinski definition) is 2. The molecule has 0 N–H and O–H groups in total. The Balaban J connectivity index is -0.000000151. The quantitative estimate of drug-likeness (QED) is 0.189. The first-order valence-electron chi connectivity index (χ1n) is 8.46. The fraction of sp³-hybridized carbons (Fsp3) is 0.684. The Labute approximate surface area is 170 Å². The summed E-state index contributed by atoms with van der Waals surface area (Å²) in [5.41, 5.74) is 0. The predicted octanol–water partition coefficient (Wildman–Crippen LogP) is 4.66. The average Bonchev–Trinajstić information content (AvgIpc) is 3.15. The van der Waals surface area contributed by atoms with E-state index in [4.69, 9.17) is 13.4 Å². The normalized spacial score (nSPS) is 9.92. The summed E-state index contributed by atoms with van der Waals surface area (Å²) in [6.45, 7) is 11.5. The third kappa shape index (κ3) is 40.3. The van der Waals surface area contributed by atoms with E-state index in [1.165, 1.54) is 38.5 Å². The van der Waals surface area contributed by atoms with E-state index in [-0.39, 0.29) is 25.0 Å². The van der Waals surface area contributed by atoms with Crippen molar-refractivity contribution in [1.29, 1.82) is 0 Å². The maximum Gasteiger partial charge on any atom is 6.00 e. The largest absolute Gasteiger partial charge is 6.00 e. The maximum atomic E-state index is 9.00. The standard InChI is InChI=1S/C12H27P.C5H.CH4O2S.CO.Fe/c1-4-7-10-13(11-8-5-2)12-9-6-3;1-2-4-5-3-1;1-4(2)3;1-2;/h4-12H2,1-3H3;1H;1H3,(H,2,3);;/q;-5;;;+6. The van der Waals surface area contributed by atoms with E-state index >= 15 is 0 Å². The number of hydrogen-bond donors (Lipinski definition) is 0. The summed E-state index contributed by atoms with van der Waals surface area (Å²) in [6, 6.07) is 12.0.